The van der Waals surface area contributed by atoms with Gasteiger partial charge in [0.25, 0.3) is 5.56 Å². The maximum atomic E-state index is 12.8. The zero-order valence-corrected chi connectivity index (χ0v) is 16.4. The molecule has 2 aromatic rings. The summed E-state index contributed by atoms with van der Waals surface area (Å²) in [6, 6.07) is 7.05. The summed E-state index contributed by atoms with van der Waals surface area (Å²) in [5, 5.41) is 5.38. The van der Waals surface area contributed by atoms with Crippen LogP contribution in [0.2, 0.25) is 0 Å². The second-order valence-electron chi connectivity index (χ2n) is 6.55. The number of aromatic amines is 1. The molecule has 2 amide bonds. The quantitative estimate of drug-likeness (QED) is 0.655. The average Bonchev–Trinajstić information content (AvgIpc) is 2.69. The van der Waals surface area contributed by atoms with Crippen molar-refractivity contribution in [2.45, 2.75) is 12.3 Å². The summed E-state index contributed by atoms with van der Waals surface area (Å²) >= 11 is 3.34. The summed E-state index contributed by atoms with van der Waals surface area (Å²) in [5.74, 6) is -1.19. The molecule has 9 nitrogen and oxygen atoms in total. The number of halogens is 1. The van der Waals surface area contributed by atoms with E-state index in [9.17, 15) is 14.4 Å². The van der Waals surface area contributed by atoms with E-state index in [2.05, 4.69) is 36.5 Å². The topological polar surface area (TPSA) is 116 Å². The number of H-pyrrole nitrogens is 1. The fraction of sp³-hybridized carbons (Fsp3) is 0.333. The van der Waals surface area contributed by atoms with Crippen molar-refractivity contribution in [3.05, 3.63) is 44.7 Å². The van der Waals surface area contributed by atoms with Crippen molar-refractivity contribution in [2.75, 3.05) is 41.8 Å². The van der Waals surface area contributed by atoms with Crippen LogP contribution < -0.4 is 21.1 Å². The molecule has 0 aliphatic carbocycles. The Hall–Kier alpha value is -2.72. The Morgan fingerprint density at radius 1 is 1.21 bits per heavy atom. The molecule has 1 saturated heterocycles. The number of fused-ring (bicyclic) bond motifs is 1. The number of rotatable bonds is 3. The van der Waals surface area contributed by atoms with Gasteiger partial charge in [0.1, 0.15) is 5.82 Å². The van der Waals surface area contributed by atoms with Gasteiger partial charge in [-0.15, -0.1) is 0 Å². The molecule has 146 valence electrons. The summed E-state index contributed by atoms with van der Waals surface area (Å²) in [7, 11) is 0. The van der Waals surface area contributed by atoms with Gasteiger partial charge >= 0.3 is 0 Å². The third-order valence-corrected chi connectivity index (χ3v) is 5.21. The van der Waals surface area contributed by atoms with Gasteiger partial charge in [0, 0.05) is 29.7 Å². The van der Waals surface area contributed by atoms with Crippen molar-refractivity contribution in [3.63, 3.8) is 0 Å². The number of hydrogen-bond donors (Lipinski definition) is 3. The third-order valence-electron chi connectivity index (χ3n) is 4.68. The number of nitrogens with zero attached hydrogens (tertiary/aromatic N) is 2. The molecule has 1 aromatic heterocycles. The van der Waals surface area contributed by atoms with Gasteiger partial charge in [-0.05, 0) is 24.3 Å². The molecular formula is C18H18BrN5O4. The Morgan fingerprint density at radius 2 is 1.93 bits per heavy atom. The summed E-state index contributed by atoms with van der Waals surface area (Å²) in [6.07, 6.45) is -0.114. The summed E-state index contributed by atoms with van der Waals surface area (Å²) in [6.45, 7) is 2.24. The number of morpholine rings is 1. The molecule has 3 N–H and O–H groups in total. The maximum absolute atomic E-state index is 12.8. The minimum Gasteiger partial charge on any atom is -0.378 e. The Balaban J connectivity index is 1.64. The summed E-state index contributed by atoms with van der Waals surface area (Å²) < 4.78 is 6.19. The van der Waals surface area contributed by atoms with E-state index in [4.69, 9.17) is 4.74 Å². The van der Waals surface area contributed by atoms with Crippen LogP contribution in [0.1, 0.15) is 17.9 Å². The maximum Gasteiger partial charge on any atom is 0.258 e. The number of aromatic nitrogens is 2. The van der Waals surface area contributed by atoms with Crippen LogP contribution in [0.3, 0.4) is 0 Å². The van der Waals surface area contributed by atoms with E-state index in [1.54, 1.807) is 24.3 Å². The fourth-order valence-electron chi connectivity index (χ4n) is 3.27. The number of anilines is 3. The lowest BCUT2D eigenvalue weighted by molar-refractivity contribution is -0.123. The number of carbonyl (C=O) groups excluding carboxylic acids is 2. The van der Waals surface area contributed by atoms with Gasteiger partial charge in [-0.25, -0.2) is 0 Å². The predicted molar refractivity (Wildman–Crippen MR) is 107 cm³/mol. The molecule has 1 atom stereocenters. The Morgan fingerprint density at radius 3 is 2.64 bits per heavy atom. The molecule has 4 rings (SSSR count). The SMILES string of the molecule is O=C1CC(C(=O)Nc2ccc(Br)cc2)c2c(nc(N3CCOCC3)[nH]c2=O)N1. The summed E-state index contributed by atoms with van der Waals surface area (Å²) in [4.78, 5) is 46.7. The van der Waals surface area contributed by atoms with E-state index in [1.165, 1.54) is 0 Å². The molecule has 28 heavy (non-hydrogen) atoms. The van der Waals surface area contributed by atoms with E-state index in [0.29, 0.717) is 37.9 Å². The fourth-order valence-corrected chi connectivity index (χ4v) is 3.54. The normalized spacial score (nSPS) is 19.0. The number of nitrogens with one attached hydrogen (secondary N) is 3. The standard InChI is InChI=1S/C18H18BrN5O4/c19-10-1-3-11(4-2-10)20-16(26)12-9-13(25)21-15-14(12)17(27)23-18(22-15)24-5-7-28-8-6-24/h1-4,12H,5-9H2,(H,20,26)(H2,21,22,23,25,27). The highest BCUT2D eigenvalue weighted by atomic mass is 79.9. The molecule has 0 radical (unpaired) electrons. The first-order valence-corrected chi connectivity index (χ1v) is 9.64. The van der Waals surface area contributed by atoms with Crippen LogP contribution in [0.25, 0.3) is 0 Å². The van der Waals surface area contributed by atoms with Crippen LogP contribution in [-0.2, 0) is 14.3 Å². The first-order valence-electron chi connectivity index (χ1n) is 8.84. The largest absolute Gasteiger partial charge is 0.378 e. The first-order chi connectivity index (χ1) is 13.5. The first kappa shape index (κ1) is 18.6. The van der Waals surface area contributed by atoms with Crippen LogP contribution in [0, 0.1) is 0 Å². The Labute approximate surface area is 168 Å². The van der Waals surface area contributed by atoms with Crippen molar-refractivity contribution >= 4 is 45.2 Å². The van der Waals surface area contributed by atoms with Crippen LogP contribution in [0.15, 0.2) is 33.5 Å². The number of carbonyl (C=O) groups is 2. The van der Waals surface area contributed by atoms with E-state index in [0.717, 1.165) is 4.47 Å². The van der Waals surface area contributed by atoms with Crippen LogP contribution >= 0.6 is 15.9 Å². The van der Waals surface area contributed by atoms with Crippen LogP contribution in [-0.4, -0.2) is 48.1 Å². The van der Waals surface area contributed by atoms with Gasteiger partial charge in [0.05, 0.1) is 24.7 Å². The zero-order valence-electron chi connectivity index (χ0n) is 14.8. The minimum absolute atomic E-state index is 0.114. The lowest BCUT2D eigenvalue weighted by atomic mass is 9.92. The van der Waals surface area contributed by atoms with Gasteiger partial charge in [-0.3, -0.25) is 19.4 Å². The molecule has 1 unspecified atom stereocenters. The van der Waals surface area contributed by atoms with Crippen molar-refractivity contribution in [1.29, 1.82) is 0 Å². The number of amides is 2. The second kappa shape index (κ2) is 7.72. The second-order valence-corrected chi connectivity index (χ2v) is 7.47. The molecule has 0 spiro atoms. The van der Waals surface area contributed by atoms with E-state index in [-0.39, 0.29) is 23.7 Å². The number of benzene rings is 1. The highest BCUT2D eigenvalue weighted by molar-refractivity contribution is 9.10. The predicted octanol–water partition coefficient (Wildman–Crippen LogP) is 1.43. The molecule has 0 saturated carbocycles. The van der Waals surface area contributed by atoms with Crippen molar-refractivity contribution in [2.24, 2.45) is 0 Å². The van der Waals surface area contributed by atoms with Crippen LogP contribution in [0.4, 0.5) is 17.5 Å². The van der Waals surface area contributed by atoms with Crippen LogP contribution in [0.5, 0.6) is 0 Å². The van der Waals surface area contributed by atoms with Gasteiger partial charge in [0.15, 0.2) is 0 Å². The van der Waals surface area contributed by atoms with Crippen molar-refractivity contribution in [3.8, 4) is 0 Å². The lowest BCUT2D eigenvalue weighted by Crippen LogP contribution is -2.41. The van der Waals surface area contributed by atoms with E-state index < -0.39 is 17.4 Å². The van der Waals surface area contributed by atoms with E-state index >= 15 is 0 Å². The molecule has 2 aliphatic rings. The van der Waals surface area contributed by atoms with Crippen molar-refractivity contribution in [1.82, 2.24) is 9.97 Å². The third kappa shape index (κ3) is 3.78. The number of hydrogen-bond acceptors (Lipinski definition) is 6. The molecule has 1 fully saturated rings. The molecule has 3 heterocycles. The van der Waals surface area contributed by atoms with Gasteiger partial charge in [-0.1, -0.05) is 15.9 Å². The van der Waals surface area contributed by atoms with Gasteiger partial charge in [0.2, 0.25) is 17.8 Å². The molecule has 0 bridgehead atoms. The van der Waals surface area contributed by atoms with E-state index in [1.807, 2.05) is 4.90 Å². The molecule has 10 heteroatoms. The summed E-state index contributed by atoms with van der Waals surface area (Å²) in [5.41, 5.74) is 0.323. The highest BCUT2D eigenvalue weighted by Crippen LogP contribution is 2.30. The molecule has 2 aliphatic heterocycles. The monoisotopic (exact) mass is 447 g/mol. The Bertz CT molecular complexity index is 969. The average molecular weight is 448 g/mol. The minimum atomic E-state index is -0.914. The smallest absolute Gasteiger partial charge is 0.258 e. The van der Waals surface area contributed by atoms with Gasteiger partial charge < -0.3 is 20.3 Å². The molecular weight excluding hydrogens is 430 g/mol. The molecule has 1 aromatic carbocycles. The zero-order chi connectivity index (χ0) is 19.7. The van der Waals surface area contributed by atoms with Gasteiger partial charge in [-0.2, -0.15) is 4.98 Å². The highest BCUT2D eigenvalue weighted by Gasteiger charge is 2.35. The lowest BCUT2D eigenvalue weighted by Gasteiger charge is -2.29. The van der Waals surface area contributed by atoms with Crippen molar-refractivity contribution < 1.29 is 14.3 Å². The number of ether oxygens (including phenoxy) is 1. The Kier molecular flexibility index (Phi) is 5.14.